The first-order valence-corrected chi connectivity index (χ1v) is 8.93. The Labute approximate surface area is 172 Å². The normalized spacial score (nSPS) is 10.6. The smallest absolute Gasteiger partial charge is 0.363 e. The van der Waals surface area contributed by atoms with Crippen LogP contribution < -0.4 is 25.9 Å². The Morgan fingerprint density at radius 1 is 1.20 bits per heavy atom. The molecule has 0 aliphatic rings. The van der Waals surface area contributed by atoms with Crippen molar-refractivity contribution in [1.82, 2.24) is 15.2 Å². The van der Waals surface area contributed by atoms with Crippen molar-refractivity contribution < 1.29 is 14.3 Å². The standard InChI is InChI=1S/C20H20N6O4/c1-13-19(23-20(28)26-24-13)25-21-11-14-8-9-16(17(10-14)29-2)30-12-18(27)22-15-6-4-3-5-7-15/h3-11H,12H2,1-2H3,(H,22,27)(H2,23,25,26,28). The van der Waals surface area contributed by atoms with Crippen molar-refractivity contribution >= 4 is 23.6 Å². The molecule has 0 aliphatic heterocycles. The van der Waals surface area contributed by atoms with Gasteiger partial charge in [-0.3, -0.25) is 10.2 Å². The number of H-pyrrole nitrogens is 1. The van der Waals surface area contributed by atoms with Crippen LogP contribution in [-0.2, 0) is 4.79 Å². The largest absolute Gasteiger partial charge is 0.493 e. The van der Waals surface area contributed by atoms with E-state index in [4.69, 9.17) is 9.47 Å². The van der Waals surface area contributed by atoms with Gasteiger partial charge in [0.05, 0.1) is 13.3 Å². The Balaban J connectivity index is 1.60. The van der Waals surface area contributed by atoms with Gasteiger partial charge in [0.1, 0.15) is 5.69 Å². The van der Waals surface area contributed by atoms with Crippen LogP contribution in [0.25, 0.3) is 0 Å². The van der Waals surface area contributed by atoms with Crippen LogP contribution in [0, 0.1) is 6.92 Å². The number of rotatable bonds is 8. The third kappa shape index (κ3) is 5.64. The summed E-state index contributed by atoms with van der Waals surface area (Å²) in [5.74, 6) is 0.833. The molecular weight excluding hydrogens is 388 g/mol. The monoisotopic (exact) mass is 408 g/mol. The molecule has 0 spiro atoms. The Hall–Kier alpha value is -4.21. The molecular formula is C20H20N6O4. The van der Waals surface area contributed by atoms with Crippen molar-refractivity contribution in [3.05, 3.63) is 70.3 Å². The molecule has 1 heterocycles. The molecule has 10 nitrogen and oxygen atoms in total. The minimum absolute atomic E-state index is 0.166. The van der Waals surface area contributed by atoms with Gasteiger partial charge in [-0.25, -0.2) is 9.89 Å². The highest BCUT2D eigenvalue weighted by Gasteiger charge is 2.09. The Morgan fingerprint density at radius 2 is 2.00 bits per heavy atom. The van der Waals surface area contributed by atoms with Crippen molar-refractivity contribution in [2.45, 2.75) is 6.92 Å². The summed E-state index contributed by atoms with van der Waals surface area (Å²) >= 11 is 0. The number of hydrazone groups is 1. The van der Waals surface area contributed by atoms with Gasteiger partial charge in [0.15, 0.2) is 23.9 Å². The highest BCUT2D eigenvalue weighted by molar-refractivity contribution is 5.91. The summed E-state index contributed by atoms with van der Waals surface area (Å²) in [5.41, 5.74) is 4.00. The average molecular weight is 408 g/mol. The van der Waals surface area contributed by atoms with Crippen LogP contribution in [0.15, 0.2) is 58.4 Å². The van der Waals surface area contributed by atoms with E-state index in [1.54, 1.807) is 37.3 Å². The fourth-order valence-corrected chi connectivity index (χ4v) is 2.41. The number of carbonyl (C=O) groups is 1. The molecule has 1 amide bonds. The van der Waals surface area contributed by atoms with Crippen molar-refractivity contribution in [2.75, 3.05) is 24.5 Å². The zero-order valence-electron chi connectivity index (χ0n) is 16.4. The first-order chi connectivity index (χ1) is 14.5. The predicted molar refractivity (Wildman–Crippen MR) is 112 cm³/mol. The van der Waals surface area contributed by atoms with E-state index >= 15 is 0 Å². The van der Waals surface area contributed by atoms with E-state index in [0.717, 1.165) is 0 Å². The molecule has 0 unspecified atom stereocenters. The molecule has 1 aromatic heterocycles. The molecule has 10 heteroatoms. The second-order valence-electron chi connectivity index (χ2n) is 6.06. The number of ether oxygens (including phenoxy) is 2. The minimum atomic E-state index is -0.572. The Kier molecular flexibility index (Phi) is 6.72. The zero-order valence-corrected chi connectivity index (χ0v) is 16.4. The van der Waals surface area contributed by atoms with Gasteiger partial charge in [-0.2, -0.15) is 15.2 Å². The van der Waals surface area contributed by atoms with Gasteiger partial charge in [0.2, 0.25) is 0 Å². The van der Waals surface area contributed by atoms with E-state index in [1.807, 2.05) is 18.2 Å². The van der Waals surface area contributed by atoms with Crippen LogP contribution in [0.1, 0.15) is 11.3 Å². The molecule has 0 bridgehead atoms. The number of nitrogens with one attached hydrogen (secondary N) is 3. The summed E-state index contributed by atoms with van der Waals surface area (Å²) in [6.45, 7) is 1.52. The van der Waals surface area contributed by atoms with Gasteiger partial charge in [0, 0.05) is 5.69 Å². The number of hydrogen-bond donors (Lipinski definition) is 3. The number of carbonyl (C=O) groups excluding carboxylic acids is 1. The Bertz CT molecular complexity index is 1100. The molecule has 3 rings (SSSR count). The molecule has 0 atom stereocenters. The summed E-state index contributed by atoms with van der Waals surface area (Å²) in [6, 6.07) is 14.2. The van der Waals surface area contributed by atoms with Crippen LogP contribution in [-0.4, -0.2) is 41.0 Å². The van der Waals surface area contributed by atoms with Crippen LogP contribution in [0.2, 0.25) is 0 Å². The van der Waals surface area contributed by atoms with Gasteiger partial charge in [-0.05, 0) is 42.8 Å². The van der Waals surface area contributed by atoms with E-state index in [0.29, 0.717) is 28.4 Å². The molecule has 0 fully saturated rings. The second-order valence-corrected chi connectivity index (χ2v) is 6.06. The molecule has 30 heavy (non-hydrogen) atoms. The van der Waals surface area contributed by atoms with E-state index < -0.39 is 5.69 Å². The summed E-state index contributed by atoms with van der Waals surface area (Å²) in [6.07, 6.45) is 1.52. The lowest BCUT2D eigenvalue weighted by atomic mass is 10.2. The number of aromatic nitrogens is 3. The topological polar surface area (TPSA) is 131 Å². The van der Waals surface area contributed by atoms with Crippen molar-refractivity contribution in [3.8, 4) is 11.5 Å². The summed E-state index contributed by atoms with van der Waals surface area (Å²) in [7, 11) is 1.50. The van der Waals surface area contributed by atoms with Gasteiger partial charge < -0.3 is 14.8 Å². The van der Waals surface area contributed by atoms with Gasteiger partial charge in [-0.1, -0.05) is 18.2 Å². The molecule has 0 aliphatic carbocycles. The summed E-state index contributed by atoms with van der Waals surface area (Å²) in [4.78, 5) is 27.0. The molecule has 2 aromatic carbocycles. The third-order valence-electron chi connectivity index (χ3n) is 3.86. The number of aryl methyl sites for hydroxylation is 1. The third-order valence-corrected chi connectivity index (χ3v) is 3.86. The predicted octanol–water partition coefficient (Wildman–Crippen LogP) is 1.95. The van der Waals surface area contributed by atoms with Crippen molar-refractivity contribution in [1.29, 1.82) is 0 Å². The number of hydrogen-bond acceptors (Lipinski definition) is 8. The highest BCUT2D eigenvalue weighted by atomic mass is 16.5. The fraction of sp³-hybridized carbons (Fsp3) is 0.150. The number of methoxy groups -OCH3 is 1. The number of benzene rings is 2. The van der Waals surface area contributed by atoms with E-state index in [-0.39, 0.29) is 18.3 Å². The van der Waals surface area contributed by atoms with E-state index in [1.165, 1.54) is 13.3 Å². The SMILES string of the molecule is COc1cc(C=NNc2nc(=O)[nH]nc2C)ccc1OCC(=O)Nc1ccccc1. The van der Waals surface area contributed by atoms with Gasteiger partial charge in [-0.15, -0.1) is 0 Å². The number of nitrogens with zero attached hydrogens (tertiary/aromatic N) is 3. The minimum Gasteiger partial charge on any atom is -0.493 e. The van der Waals surface area contributed by atoms with E-state index in [2.05, 4.69) is 31.0 Å². The first-order valence-electron chi connectivity index (χ1n) is 8.93. The lowest BCUT2D eigenvalue weighted by molar-refractivity contribution is -0.118. The fourth-order valence-electron chi connectivity index (χ4n) is 2.41. The molecule has 154 valence electrons. The van der Waals surface area contributed by atoms with Crippen LogP contribution in [0.4, 0.5) is 11.5 Å². The lowest BCUT2D eigenvalue weighted by Crippen LogP contribution is -2.20. The molecule has 0 saturated heterocycles. The molecule has 0 saturated carbocycles. The first kappa shape index (κ1) is 20.5. The lowest BCUT2D eigenvalue weighted by Gasteiger charge is -2.11. The highest BCUT2D eigenvalue weighted by Crippen LogP contribution is 2.27. The maximum Gasteiger partial charge on any atom is 0.363 e. The van der Waals surface area contributed by atoms with Gasteiger partial charge >= 0.3 is 5.69 Å². The van der Waals surface area contributed by atoms with Gasteiger partial charge in [0.25, 0.3) is 5.91 Å². The molecule has 3 N–H and O–H groups in total. The second kappa shape index (κ2) is 9.82. The number of anilines is 2. The number of amides is 1. The van der Waals surface area contributed by atoms with Crippen molar-refractivity contribution in [3.63, 3.8) is 0 Å². The zero-order chi connectivity index (χ0) is 21.3. The maximum atomic E-state index is 12.0. The van der Waals surface area contributed by atoms with Crippen molar-refractivity contribution in [2.24, 2.45) is 5.10 Å². The van der Waals surface area contributed by atoms with E-state index in [9.17, 15) is 9.59 Å². The average Bonchev–Trinajstić information content (AvgIpc) is 2.75. The van der Waals surface area contributed by atoms with Crippen LogP contribution >= 0.6 is 0 Å². The quantitative estimate of drug-likeness (QED) is 0.383. The maximum absolute atomic E-state index is 12.0. The van der Waals surface area contributed by atoms with Crippen LogP contribution in [0.5, 0.6) is 11.5 Å². The Morgan fingerprint density at radius 3 is 2.77 bits per heavy atom. The number of para-hydroxylation sites is 1. The molecule has 3 aromatic rings. The summed E-state index contributed by atoms with van der Waals surface area (Å²) < 4.78 is 10.9. The molecule has 0 radical (unpaired) electrons. The number of aromatic amines is 1. The summed E-state index contributed by atoms with van der Waals surface area (Å²) in [5, 5.41) is 12.8. The van der Waals surface area contributed by atoms with Crippen LogP contribution in [0.3, 0.4) is 0 Å².